The maximum atomic E-state index is 12.3. The van der Waals surface area contributed by atoms with E-state index in [1.807, 2.05) is 25.1 Å². The normalized spacial score (nSPS) is 11.9. The molecule has 1 aromatic heterocycles. The Morgan fingerprint density at radius 3 is 2.57 bits per heavy atom. The summed E-state index contributed by atoms with van der Waals surface area (Å²) in [5.74, 6) is 0.318. The molecule has 2 N–H and O–H groups in total. The predicted molar refractivity (Wildman–Crippen MR) is 86.9 cm³/mol. The van der Waals surface area contributed by atoms with E-state index in [4.69, 9.17) is 11.6 Å². The zero-order valence-electron chi connectivity index (χ0n) is 12.3. The van der Waals surface area contributed by atoms with Gasteiger partial charge in [-0.3, -0.25) is 4.79 Å². The van der Waals surface area contributed by atoms with Gasteiger partial charge in [0.05, 0.1) is 6.04 Å². The van der Waals surface area contributed by atoms with E-state index in [9.17, 15) is 4.79 Å². The van der Waals surface area contributed by atoms with Crippen molar-refractivity contribution in [1.82, 2.24) is 25.9 Å². The summed E-state index contributed by atoms with van der Waals surface area (Å²) in [6.07, 6.45) is 0. The molecule has 0 aliphatic heterocycles. The third kappa shape index (κ3) is 3.37. The van der Waals surface area contributed by atoms with Gasteiger partial charge >= 0.3 is 0 Å². The Morgan fingerprint density at radius 1 is 1.17 bits per heavy atom. The fourth-order valence-electron chi connectivity index (χ4n) is 2.24. The van der Waals surface area contributed by atoms with Crippen LogP contribution < -0.4 is 5.32 Å². The summed E-state index contributed by atoms with van der Waals surface area (Å²) in [7, 11) is 0. The molecular weight excluding hydrogens is 314 g/mol. The van der Waals surface area contributed by atoms with Crippen LogP contribution in [-0.4, -0.2) is 26.5 Å². The van der Waals surface area contributed by atoms with Gasteiger partial charge in [0.25, 0.3) is 5.91 Å². The van der Waals surface area contributed by atoms with Crippen LogP contribution in [0.15, 0.2) is 48.5 Å². The number of nitrogens with one attached hydrogen (secondary N) is 2. The predicted octanol–water partition coefficient (Wildman–Crippen LogP) is 3.01. The van der Waals surface area contributed by atoms with E-state index < -0.39 is 0 Å². The number of halogens is 1. The summed E-state index contributed by atoms with van der Waals surface area (Å²) in [5, 5.41) is 17.3. The lowest BCUT2D eigenvalue weighted by atomic mass is 10.1. The van der Waals surface area contributed by atoms with Gasteiger partial charge in [0.2, 0.25) is 5.82 Å². The Labute approximate surface area is 137 Å². The highest BCUT2D eigenvalue weighted by atomic mass is 35.5. The van der Waals surface area contributed by atoms with E-state index in [1.165, 1.54) is 0 Å². The van der Waals surface area contributed by atoms with E-state index in [2.05, 4.69) is 25.9 Å². The Hall–Kier alpha value is -2.73. The second-order valence-electron chi connectivity index (χ2n) is 5.03. The maximum Gasteiger partial charge on any atom is 0.251 e. The Balaban J connectivity index is 1.72. The van der Waals surface area contributed by atoms with Gasteiger partial charge in [0.15, 0.2) is 0 Å². The van der Waals surface area contributed by atoms with Crippen LogP contribution in [0, 0.1) is 0 Å². The number of tetrazole rings is 1. The summed E-state index contributed by atoms with van der Waals surface area (Å²) in [6, 6.07) is 14.3. The largest absolute Gasteiger partial charge is 0.345 e. The molecule has 0 fully saturated rings. The Kier molecular flexibility index (Phi) is 4.34. The highest BCUT2D eigenvalue weighted by Gasteiger charge is 2.14. The van der Waals surface area contributed by atoms with Gasteiger partial charge in [-0.25, -0.2) is 0 Å². The highest BCUT2D eigenvalue weighted by Crippen LogP contribution is 2.22. The molecule has 1 atom stereocenters. The molecule has 3 aromatic rings. The number of carbonyl (C=O) groups excluding carboxylic acids is 1. The lowest BCUT2D eigenvalue weighted by molar-refractivity contribution is 0.0940. The van der Waals surface area contributed by atoms with Crippen molar-refractivity contribution in [3.63, 3.8) is 0 Å². The first kappa shape index (κ1) is 15.2. The van der Waals surface area contributed by atoms with Crippen molar-refractivity contribution >= 4 is 17.5 Å². The van der Waals surface area contributed by atoms with E-state index in [0.29, 0.717) is 16.4 Å². The fraction of sp³-hybridized carbons (Fsp3) is 0.125. The Bertz CT molecular complexity index is 802. The minimum Gasteiger partial charge on any atom is -0.345 e. The standard InChI is InChI=1S/C16H14ClN5O/c1-10(13-4-2-3-5-14(13)17)18-16(23)12-8-6-11(7-9-12)15-19-21-22-20-15/h2-10H,1H3,(H,18,23)(H,19,20,21,22)/t10-/m1/s1. The number of amides is 1. The first-order valence-electron chi connectivity index (χ1n) is 7.04. The maximum absolute atomic E-state index is 12.3. The van der Waals surface area contributed by atoms with E-state index in [0.717, 1.165) is 11.1 Å². The molecule has 1 heterocycles. The van der Waals surface area contributed by atoms with Crippen LogP contribution in [-0.2, 0) is 0 Å². The molecule has 2 aromatic carbocycles. The molecule has 0 unspecified atom stereocenters. The van der Waals surface area contributed by atoms with Crippen molar-refractivity contribution in [2.75, 3.05) is 0 Å². The van der Waals surface area contributed by atoms with Crippen LogP contribution in [0.4, 0.5) is 0 Å². The van der Waals surface area contributed by atoms with Gasteiger partial charge in [0.1, 0.15) is 0 Å². The van der Waals surface area contributed by atoms with Gasteiger partial charge in [-0.05, 0) is 35.9 Å². The summed E-state index contributed by atoms with van der Waals surface area (Å²) >= 11 is 6.15. The van der Waals surface area contributed by atoms with Crippen LogP contribution in [0.2, 0.25) is 5.02 Å². The average molecular weight is 328 g/mol. The van der Waals surface area contributed by atoms with E-state index in [-0.39, 0.29) is 11.9 Å². The molecule has 3 rings (SSSR count). The van der Waals surface area contributed by atoms with E-state index >= 15 is 0 Å². The number of carbonyl (C=O) groups is 1. The quantitative estimate of drug-likeness (QED) is 0.771. The van der Waals surface area contributed by atoms with Crippen LogP contribution in [0.25, 0.3) is 11.4 Å². The third-order valence-corrected chi connectivity index (χ3v) is 3.81. The summed E-state index contributed by atoms with van der Waals surface area (Å²) in [5.41, 5.74) is 2.22. The van der Waals surface area contributed by atoms with Crippen molar-refractivity contribution in [2.45, 2.75) is 13.0 Å². The smallest absolute Gasteiger partial charge is 0.251 e. The summed E-state index contributed by atoms with van der Waals surface area (Å²) in [4.78, 5) is 12.3. The molecule has 23 heavy (non-hydrogen) atoms. The number of benzene rings is 2. The SMILES string of the molecule is C[C@@H](NC(=O)c1ccc(-c2nn[nH]n2)cc1)c1ccccc1Cl. The fourth-order valence-corrected chi connectivity index (χ4v) is 2.54. The molecule has 0 saturated carbocycles. The molecule has 7 heteroatoms. The lowest BCUT2D eigenvalue weighted by Crippen LogP contribution is -2.26. The van der Waals surface area contributed by atoms with Gasteiger partial charge in [-0.15, -0.1) is 10.2 Å². The second-order valence-corrected chi connectivity index (χ2v) is 5.44. The second kappa shape index (κ2) is 6.58. The van der Waals surface area contributed by atoms with Crippen molar-refractivity contribution in [1.29, 1.82) is 0 Å². The van der Waals surface area contributed by atoms with Crippen molar-refractivity contribution < 1.29 is 4.79 Å². The molecular formula is C16H14ClN5O. The van der Waals surface area contributed by atoms with Gasteiger partial charge < -0.3 is 5.32 Å². The average Bonchev–Trinajstić information content (AvgIpc) is 3.09. The van der Waals surface area contributed by atoms with Gasteiger partial charge in [-0.2, -0.15) is 5.21 Å². The van der Waals surface area contributed by atoms with Crippen LogP contribution in [0.5, 0.6) is 0 Å². The van der Waals surface area contributed by atoms with Crippen LogP contribution in [0.1, 0.15) is 28.9 Å². The zero-order valence-corrected chi connectivity index (χ0v) is 13.1. The third-order valence-electron chi connectivity index (χ3n) is 3.47. The number of hydrogen-bond donors (Lipinski definition) is 2. The minimum absolute atomic E-state index is 0.169. The molecule has 0 bridgehead atoms. The first-order chi connectivity index (χ1) is 11.1. The molecule has 0 aliphatic rings. The number of aromatic nitrogens is 4. The molecule has 0 radical (unpaired) electrons. The van der Waals surface area contributed by atoms with Gasteiger partial charge in [0, 0.05) is 16.1 Å². The summed E-state index contributed by atoms with van der Waals surface area (Å²) in [6.45, 7) is 1.90. The number of nitrogens with zero attached hydrogens (tertiary/aromatic N) is 3. The zero-order chi connectivity index (χ0) is 16.2. The molecule has 6 nitrogen and oxygen atoms in total. The minimum atomic E-state index is -0.187. The lowest BCUT2D eigenvalue weighted by Gasteiger charge is -2.15. The van der Waals surface area contributed by atoms with Crippen LogP contribution in [0.3, 0.4) is 0 Å². The van der Waals surface area contributed by atoms with Crippen LogP contribution >= 0.6 is 11.6 Å². The number of H-pyrrole nitrogens is 1. The number of aromatic amines is 1. The molecule has 0 aliphatic carbocycles. The molecule has 0 saturated heterocycles. The van der Waals surface area contributed by atoms with Crippen molar-refractivity contribution in [2.24, 2.45) is 0 Å². The van der Waals surface area contributed by atoms with Crippen molar-refractivity contribution in [3.05, 3.63) is 64.7 Å². The van der Waals surface area contributed by atoms with Gasteiger partial charge in [-0.1, -0.05) is 41.9 Å². The highest BCUT2D eigenvalue weighted by molar-refractivity contribution is 6.31. The number of hydrogen-bond acceptors (Lipinski definition) is 4. The first-order valence-corrected chi connectivity index (χ1v) is 7.42. The number of rotatable bonds is 4. The topological polar surface area (TPSA) is 83.6 Å². The van der Waals surface area contributed by atoms with Crippen molar-refractivity contribution in [3.8, 4) is 11.4 Å². The molecule has 1 amide bonds. The van der Waals surface area contributed by atoms with E-state index in [1.54, 1.807) is 30.3 Å². The monoisotopic (exact) mass is 327 g/mol. The Morgan fingerprint density at radius 2 is 1.91 bits per heavy atom. The molecule has 0 spiro atoms. The molecule has 116 valence electrons. The summed E-state index contributed by atoms with van der Waals surface area (Å²) < 4.78 is 0.